The van der Waals surface area contributed by atoms with Crippen molar-refractivity contribution in [3.63, 3.8) is 0 Å². The Bertz CT molecular complexity index is 110. The Labute approximate surface area is 57.6 Å². The van der Waals surface area contributed by atoms with E-state index in [-0.39, 0.29) is 0 Å². The first-order valence-corrected chi connectivity index (χ1v) is 3.28. The summed E-state index contributed by atoms with van der Waals surface area (Å²) in [4.78, 5) is 0. The molecule has 2 nitrogen and oxygen atoms in total. The number of rotatable bonds is 2. The molecular formula is C7H16N2. The highest BCUT2D eigenvalue weighted by Gasteiger charge is 2.00. The van der Waals surface area contributed by atoms with Gasteiger partial charge < -0.3 is 5.43 Å². The minimum Gasteiger partial charge on any atom is -0.444 e. The molecule has 2 heteroatoms. The largest absolute Gasteiger partial charge is 0.444 e. The second kappa shape index (κ2) is 3.49. The van der Waals surface area contributed by atoms with E-state index in [0.717, 1.165) is 0 Å². The van der Waals surface area contributed by atoms with Crippen LogP contribution < -0.4 is 0 Å². The maximum atomic E-state index is 4.08. The summed E-state index contributed by atoms with van der Waals surface area (Å²) in [5.74, 6) is 0. The predicted molar refractivity (Wildman–Crippen MR) is 41.0 cm³/mol. The van der Waals surface area contributed by atoms with Crippen molar-refractivity contribution in [3.8, 4) is 0 Å². The van der Waals surface area contributed by atoms with E-state index >= 15 is 0 Å². The van der Waals surface area contributed by atoms with Crippen molar-refractivity contribution in [1.29, 1.82) is 0 Å². The molecular weight excluding hydrogens is 112 g/mol. The standard InChI is InChI=1S/C7H16N2/c1-6(2)9(8-5)7(3)4/h6H,1-5H3. The van der Waals surface area contributed by atoms with Crippen molar-refractivity contribution in [1.82, 2.24) is 0 Å². The maximum absolute atomic E-state index is 4.08. The summed E-state index contributed by atoms with van der Waals surface area (Å²) in [7, 11) is 1.81. The SMILES string of the molecule is C[N-][N+](=C(C)C)C(C)C. The van der Waals surface area contributed by atoms with Crippen LogP contribution in [-0.4, -0.2) is 23.5 Å². The number of nitrogens with zero attached hydrogens (tertiary/aromatic N) is 2. The van der Waals surface area contributed by atoms with E-state index < -0.39 is 0 Å². The van der Waals surface area contributed by atoms with Crippen LogP contribution in [0, 0.1) is 0 Å². The van der Waals surface area contributed by atoms with Gasteiger partial charge in [0.25, 0.3) is 0 Å². The minimum atomic E-state index is 0.486. The zero-order valence-corrected chi connectivity index (χ0v) is 6.97. The van der Waals surface area contributed by atoms with E-state index in [0.29, 0.717) is 6.04 Å². The van der Waals surface area contributed by atoms with Crippen molar-refractivity contribution in [3.05, 3.63) is 5.43 Å². The van der Waals surface area contributed by atoms with E-state index in [9.17, 15) is 0 Å². The molecule has 0 rings (SSSR count). The number of hydrogen-bond donors (Lipinski definition) is 0. The fourth-order valence-electron chi connectivity index (χ4n) is 0.947. The molecule has 0 saturated heterocycles. The molecule has 0 saturated carbocycles. The van der Waals surface area contributed by atoms with Crippen LogP contribution >= 0.6 is 0 Å². The van der Waals surface area contributed by atoms with E-state index in [4.69, 9.17) is 0 Å². The zero-order chi connectivity index (χ0) is 7.44. The Morgan fingerprint density at radius 1 is 1.33 bits per heavy atom. The average molecular weight is 128 g/mol. The van der Waals surface area contributed by atoms with Crippen LogP contribution in [0.5, 0.6) is 0 Å². The Morgan fingerprint density at radius 2 is 1.78 bits per heavy atom. The van der Waals surface area contributed by atoms with Crippen LogP contribution in [0.25, 0.3) is 5.43 Å². The summed E-state index contributed by atoms with van der Waals surface area (Å²) < 4.78 is 2.00. The quantitative estimate of drug-likeness (QED) is 0.306. The summed E-state index contributed by atoms with van der Waals surface area (Å²) in [6, 6.07) is 0.486. The van der Waals surface area contributed by atoms with Crippen LogP contribution in [-0.2, 0) is 0 Å². The lowest BCUT2D eigenvalue weighted by Gasteiger charge is -2.17. The molecule has 0 unspecified atom stereocenters. The van der Waals surface area contributed by atoms with Crippen LogP contribution in [0.2, 0.25) is 0 Å². The first-order valence-electron chi connectivity index (χ1n) is 3.28. The molecule has 0 bridgehead atoms. The first-order chi connectivity index (χ1) is 4.09. The molecule has 0 aromatic heterocycles. The summed E-state index contributed by atoms with van der Waals surface area (Å²) in [6.45, 7) is 8.38. The smallest absolute Gasteiger partial charge is 0.141 e. The van der Waals surface area contributed by atoms with Crippen molar-refractivity contribution >= 4 is 5.71 Å². The van der Waals surface area contributed by atoms with Gasteiger partial charge in [0.05, 0.1) is 0 Å². The lowest BCUT2D eigenvalue weighted by Crippen LogP contribution is -2.19. The molecule has 9 heavy (non-hydrogen) atoms. The molecule has 0 atom stereocenters. The molecule has 0 heterocycles. The minimum absolute atomic E-state index is 0.486. The molecule has 0 aliphatic carbocycles. The second-order valence-electron chi connectivity index (χ2n) is 2.59. The third-order valence-electron chi connectivity index (χ3n) is 1.16. The molecule has 54 valence electrons. The van der Waals surface area contributed by atoms with Gasteiger partial charge in [0, 0.05) is 13.8 Å². The number of hydrogen-bond acceptors (Lipinski definition) is 0. The molecule has 0 aliphatic heterocycles. The van der Waals surface area contributed by atoms with Crippen LogP contribution in [0.15, 0.2) is 0 Å². The molecule has 0 radical (unpaired) electrons. The highest BCUT2D eigenvalue weighted by atomic mass is 15.4. The van der Waals surface area contributed by atoms with Crippen molar-refractivity contribution < 1.29 is 4.68 Å². The van der Waals surface area contributed by atoms with Gasteiger partial charge in [-0.2, -0.15) is 0 Å². The fourth-order valence-corrected chi connectivity index (χ4v) is 0.947. The van der Waals surface area contributed by atoms with Gasteiger partial charge in [-0.25, -0.2) is 0 Å². The van der Waals surface area contributed by atoms with Crippen LogP contribution in [0.1, 0.15) is 27.7 Å². The van der Waals surface area contributed by atoms with Gasteiger partial charge in [-0.1, -0.05) is 7.05 Å². The summed E-state index contributed by atoms with van der Waals surface area (Å²) in [6.07, 6.45) is 0. The van der Waals surface area contributed by atoms with Crippen LogP contribution in [0.4, 0.5) is 0 Å². The van der Waals surface area contributed by atoms with Gasteiger partial charge in [-0.05, 0) is 13.8 Å². The summed E-state index contributed by atoms with van der Waals surface area (Å²) >= 11 is 0. The van der Waals surface area contributed by atoms with Crippen molar-refractivity contribution in [2.75, 3.05) is 7.05 Å². The Balaban J connectivity index is 4.16. The zero-order valence-electron chi connectivity index (χ0n) is 6.97. The maximum Gasteiger partial charge on any atom is 0.141 e. The van der Waals surface area contributed by atoms with Crippen molar-refractivity contribution in [2.45, 2.75) is 33.7 Å². The second-order valence-corrected chi connectivity index (χ2v) is 2.59. The van der Waals surface area contributed by atoms with Gasteiger partial charge >= 0.3 is 0 Å². The third-order valence-corrected chi connectivity index (χ3v) is 1.16. The predicted octanol–water partition coefficient (Wildman–Crippen LogP) is 1.81. The lowest BCUT2D eigenvalue weighted by molar-refractivity contribution is -0.510. The van der Waals surface area contributed by atoms with Crippen molar-refractivity contribution in [2.24, 2.45) is 0 Å². The molecule has 0 amide bonds. The highest BCUT2D eigenvalue weighted by Crippen LogP contribution is 1.94. The Kier molecular flexibility index (Phi) is 3.28. The Morgan fingerprint density at radius 3 is 1.78 bits per heavy atom. The third kappa shape index (κ3) is 2.49. The Hall–Kier alpha value is -0.530. The summed E-state index contributed by atoms with van der Waals surface area (Å²) in [5.41, 5.74) is 5.33. The van der Waals surface area contributed by atoms with Gasteiger partial charge in [-0.3, -0.25) is 4.68 Å². The topological polar surface area (TPSA) is 17.1 Å². The van der Waals surface area contributed by atoms with E-state index in [1.165, 1.54) is 5.71 Å². The van der Waals surface area contributed by atoms with E-state index in [1.807, 2.05) is 11.7 Å². The van der Waals surface area contributed by atoms with Gasteiger partial charge in [-0.15, -0.1) is 0 Å². The van der Waals surface area contributed by atoms with Gasteiger partial charge in [0.2, 0.25) is 0 Å². The average Bonchev–Trinajstić information content (AvgIpc) is 1.64. The summed E-state index contributed by atoms with van der Waals surface area (Å²) in [5, 5.41) is 0. The fraction of sp³-hybridized carbons (Fsp3) is 0.857. The molecule has 0 spiro atoms. The normalized spacial score (nSPS) is 9.56. The monoisotopic (exact) mass is 128 g/mol. The van der Waals surface area contributed by atoms with Gasteiger partial charge in [0.1, 0.15) is 11.8 Å². The molecule has 0 aromatic rings. The van der Waals surface area contributed by atoms with E-state index in [1.54, 1.807) is 0 Å². The molecule has 0 N–H and O–H groups in total. The van der Waals surface area contributed by atoms with Crippen LogP contribution in [0.3, 0.4) is 0 Å². The molecule has 0 fully saturated rings. The first kappa shape index (κ1) is 8.47. The van der Waals surface area contributed by atoms with Gasteiger partial charge in [0.15, 0.2) is 0 Å². The molecule has 0 aliphatic rings. The van der Waals surface area contributed by atoms with E-state index in [2.05, 4.69) is 33.1 Å². The molecule has 0 aromatic carbocycles. The highest BCUT2D eigenvalue weighted by molar-refractivity contribution is 5.74. The lowest BCUT2D eigenvalue weighted by atomic mass is 10.4.